The highest BCUT2D eigenvalue weighted by Crippen LogP contribution is 2.36. The first-order chi connectivity index (χ1) is 8.06. The van der Waals surface area contributed by atoms with E-state index in [0.717, 1.165) is 16.3 Å². The number of fused-ring (bicyclic) bond motifs is 1. The van der Waals surface area contributed by atoms with E-state index in [0.29, 0.717) is 6.04 Å². The van der Waals surface area contributed by atoms with Gasteiger partial charge in [0.25, 0.3) is 0 Å². The van der Waals surface area contributed by atoms with Crippen molar-refractivity contribution in [2.75, 3.05) is 19.4 Å². The highest BCUT2D eigenvalue weighted by atomic mass is 35.5. The van der Waals surface area contributed by atoms with Gasteiger partial charge in [0.1, 0.15) is 0 Å². The van der Waals surface area contributed by atoms with Gasteiger partial charge in [0, 0.05) is 37.8 Å². The number of anilines is 1. The minimum atomic E-state index is 0.492. The van der Waals surface area contributed by atoms with Crippen LogP contribution in [0.15, 0.2) is 21.4 Å². The first-order valence-electron chi connectivity index (χ1n) is 5.52. The summed E-state index contributed by atoms with van der Waals surface area (Å²) in [6.45, 7) is 2.17. The van der Waals surface area contributed by atoms with Crippen molar-refractivity contribution in [3.05, 3.63) is 22.7 Å². The molecule has 1 aliphatic rings. The zero-order valence-electron chi connectivity index (χ0n) is 10.2. The number of halogens is 1. The molecule has 2 rings (SSSR count). The van der Waals surface area contributed by atoms with Gasteiger partial charge in [-0.25, -0.2) is 4.40 Å². The molecule has 1 N–H and O–H groups in total. The molecule has 1 atom stereocenters. The largest absolute Gasteiger partial charge is 0.382 e. The molecule has 0 spiro atoms. The molecule has 0 saturated heterocycles. The molecule has 1 aliphatic heterocycles. The molecule has 1 heterocycles. The van der Waals surface area contributed by atoms with Crippen molar-refractivity contribution >= 4 is 35.6 Å². The Balaban J connectivity index is 2.16. The van der Waals surface area contributed by atoms with Gasteiger partial charge in [-0.3, -0.25) is 0 Å². The summed E-state index contributed by atoms with van der Waals surface area (Å²) in [5, 5.41) is 4.21. The van der Waals surface area contributed by atoms with Crippen LogP contribution >= 0.6 is 23.5 Å². The van der Waals surface area contributed by atoms with E-state index in [2.05, 4.69) is 22.7 Å². The lowest BCUT2D eigenvalue weighted by Crippen LogP contribution is -2.08. The lowest BCUT2D eigenvalue weighted by molar-refractivity contribution is 0.645. The number of nitrogens with one attached hydrogen (secondary N) is 1. The zero-order valence-corrected chi connectivity index (χ0v) is 11.8. The third kappa shape index (κ3) is 3.07. The average Bonchev–Trinajstić information content (AvgIpc) is 2.57. The van der Waals surface area contributed by atoms with E-state index in [4.69, 9.17) is 11.6 Å². The summed E-state index contributed by atoms with van der Waals surface area (Å²) in [6, 6.07) is 4.62. The lowest BCUT2D eigenvalue weighted by Gasteiger charge is -2.06. The van der Waals surface area contributed by atoms with Crippen LogP contribution in [-0.2, 0) is 6.42 Å². The molecule has 0 aromatic heterocycles. The van der Waals surface area contributed by atoms with Crippen molar-refractivity contribution in [2.24, 2.45) is 4.40 Å². The highest BCUT2D eigenvalue weighted by molar-refractivity contribution is 7.98. The van der Waals surface area contributed by atoms with E-state index in [9.17, 15) is 0 Å². The Morgan fingerprint density at radius 2 is 2.29 bits per heavy atom. The van der Waals surface area contributed by atoms with Crippen LogP contribution in [0.2, 0.25) is 5.02 Å². The Bertz CT molecular complexity index is 446. The predicted octanol–water partition coefficient (Wildman–Crippen LogP) is 3.29. The fraction of sp³-hybridized carbons (Fsp3) is 0.417. The Hall–Kier alpha value is -0.870. The van der Waals surface area contributed by atoms with Gasteiger partial charge < -0.3 is 10.2 Å². The van der Waals surface area contributed by atoms with Gasteiger partial charge in [0.15, 0.2) is 0 Å². The number of nitrogens with zero attached hydrogens (tertiary/aromatic N) is 2. The summed E-state index contributed by atoms with van der Waals surface area (Å²) >= 11 is 7.63. The summed E-state index contributed by atoms with van der Waals surface area (Å²) in [5.74, 6) is 0. The van der Waals surface area contributed by atoms with Crippen molar-refractivity contribution < 1.29 is 0 Å². The van der Waals surface area contributed by atoms with Gasteiger partial charge in [-0.2, -0.15) is 0 Å². The fourth-order valence-corrected chi connectivity index (χ4v) is 2.74. The van der Waals surface area contributed by atoms with Crippen LogP contribution in [-0.4, -0.2) is 31.4 Å². The smallest absolute Gasteiger partial charge is 0.0988 e. The van der Waals surface area contributed by atoms with Crippen LogP contribution in [0, 0.1) is 0 Å². The number of hydrogen-bond donors (Lipinski definition) is 1. The Morgan fingerprint density at radius 1 is 1.53 bits per heavy atom. The van der Waals surface area contributed by atoms with Crippen molar-refractivity contribution in [2.45, 2.75) is 24.3 Å². The van der Waals surface area contributed by atoms with E-state index >= 15 is 0 Å². The van der Waals surface area contributed by atoms with Crippen LogP contribution < -0.4 is 5.32 Å². The molecular weight excluding hydrogens is 254 g/mol. The van der Waals surface area contributed by atoms with E-state index in [1.165, 1.54) is 23.2 Å². The molecular formula is C12H16ClN3S. The minimum absolute atomic E-state index is 0.492. The first-order valence-corrected chi connectivity index (χ1v) is 6.67. The molecule has 92 valence electrons. The molecule has 3 nitrogen and oxygen atoms in total. The van der Waals surface area contributed by atoms with Crippen LogP contribution in [0.3, 0.4) is 0 Å². The van der Waals surface area contributed by atoms with Gasteiger partial charge in [-0.05, 0) is 31.0 Å². The van der Waals surface area contributed by atoms with E-state index in [1.54, 1.807) is 6.34 Å². The summed E-state index contributed by atoms with van der Waals surface area (Å²) in [4.78, 5) is 2.89. The number of benzene rings is 1. The van der Waals surface area contributed by atoms with Gasteiger partial charge in [-0.15, -0.1) is 0 Å². The molecule has 5 heteroatoms. The normalized spacial score (nSPS) is 18.2. The number of hydrogen-bond acceptors (Lipinski definition) is 3. The maximum absolute atomic E-state index is 6.23. The van der Waals surface area contributed by atoms with Crippen LogP contribution in [0.1, 0.15) is 12.5 Å². The molecule has 17 heavy (non-hydrogen) atoms. The lowest BCUT2D eigenvalue weighted by atomic mass is 10.1. The Labute approximate surface area is 111 Å². The second-order valence-electron chi connectivity index (χ2n) is 4.47. The minimum Gasteiger partial charge on any atom is -0.382 e. The quantitative estimate of drug-likeness (QED) is 0.518. The van der Waals surface area contributed by atoms with Gasteiger partial charge >= 0.3 is 0 Å². The van der Waals surface area contributed by atoms with E-state index in [-0.39, 0.29) is 0 Å². The first kappa shape index (κ1) is 12.6. The van der Waals surface area contributed by atoms with Crippen molar-refractivity contribution in [3.8, 4) is 0 Å². The standard InChI is InChI=1S/C12H16ClN3S/c1-8-4-9-5-10(13)12(6-11(9)15-8)17-14-7-16(2)3/h5-8,15H,4H2,1-3H3/b14-7+. The summed E-state index contributed by atoms with van der Waals surface area (Å²) < 4.78 is 4.25. The molecule has 0 radical (unpaired) electrons. The van der Waals surface area contributed by atoms with Crippen molar-refractivity contribution in [1.82, 2.24) is 4.90 Å². The molecule has 0 aliphatic carbocycles. The van der Waals surface area contributed by atoms with Crippen LogP contribution in [0.4, 0.5) is 5.69 Å². The van der Waals surface area contributed by atoms with Crippen molar-refractivity contribution in [1.29, 1.82) is 0 Å². The zero-order chi connectivity index (χ0) is 12.4. The Kier molecular flexibility index (Phi) is 3.84. The van der Waals surface area contributed by atoms with Gasteiger partial charge in [0.2, 0.25) is 0 Å². The van der Waals surface area contributed by atoms with E-state index in [1.807, 2.05) is 25.1 Å². The molecule has 1 unspecified atom stereocenters. The van der Waals surface area contributed by atoms with Crippen LogP contribution in [0.5, 0.6) is 0 Å². The second-order valence-corrected chi connectivity index (χ2v) is 5.71. The third-order valence-corrected chi connectivity index (χ3v) is 3.67. The fourth-order valence-electron chi connectivity index (χ4n) is 1.79. The Morgan fingerprint density at radius 3 is 3.00 bits per heavy atom. The summed E-state index contributed by atoms with van der Waals surface area (Å²) in [7, 11) is 3.88. The third-order valence-electron chi connectivity index (χ3n) is 2.51. The second kappa shape index (κ2) is 5.19. The topological polar surface area (TPSA) is 27.6 Å². The van der Waals surface area contributed by atoms with Gasteiger partial charge in [-0.1, -0.05) is 11.6 Å². The molecule has 1 aromatic rings. The molecule has 0 bridgehead atoms. The average molecular weight is 270 g/mol. The summed E-state index contributed by atoms with van der Waals surface area (Å²) in [6.07, 6.45) is 2.81. The summed E-state index contributed by atoms with van der Waals surface area (Å²) in [5.41, 5.74) is 2.48. The van der Waals surface area contributed by atoms with E-state index < -0.39 is 0 Å². The van der Waals surface area contributed by atoms with Crippen LogP contribution in [0.25, 0.3) is 0 Å². The molecule has 0 saturated carbocycles. The van der Waals surface area contributed by atoms with Crippen molar-refractivity contribution in [3.63, 3.8) is 0 Å². The molecule has 0 fully saturated rings. The number of rotatable bonds is 3. The SMILES string of the molecule is CC1Cc2cc(Cl)c(S/N=C/N(C)C)cc2N1. The maximum Gasteiger partial charge on any atom is 0.0988 e. The molecule has 1 aromatic carbocycles. The predicted molar refractivity (Wildman–Crippen MR) is 76.3 cm³/mol. The highest BCUT2D eigenvalue weighted by Gasteiger charge is 2.18. The van der Waals surface area contributed by atoms with Gasteiger partial charge in [0.05, 0.1) is 16.3 Å². The molecule has 0 amide bonds. The maximum atomic E-state index is 6.23. The monoisotopic (exact) mass is 269 g/mol.